The summed E-state index contributed by atoms with van der Waals surface area (Å²) in [6, 6.07) is 0. The number of unbranched alkanes of at least 4 members (excludes halogenated alkanes) is 1. The standard InChI is InChI=1S/C20H32/c1-7-11-13-14-15-18-20(16-9-3,17-12-8-2)19(5,6)10-4/h9,12-14,16-17H,7-8,10-11H2,1-6H3. The molecular formula is C20H32. The van der Waals surface area contributed by atoms with Crippen molar-refractivity contribution < 1.29 is 0 Å². The van der Waals surface area contributed by atoms with Crippen molar-refractivity contribution in [2.24, 2.45) is 10.8 Å². The van der Waals surface area contributed by atoms with Gasteiger partial charge in [0, 0.05) is 0 Å². The van der Waals surface area contributed by atoms with Crippen LogP contribution in [0.4, 0.5) is 0 Å². The van der Waals surface area contributed by atoms with Crippen molar-refractivity contribution in [2.45, 2.75) is 67.2 Å². The third-order valence-electron chi connectivity index (χ3n) is 3.99. The highest BCUT2D eigenvalue weighted by Gasteiger charge is 2.38. The molecule has 0 heteroatoms. The fourth-order valence-electron chi connectivity index (χ4n) is 2.09. The normalized spacial score (nSPS) is 15.7. The minimum absolute atomic E-state index is 0.122. The molecular weight excluding hydrogens is 240 g/mol. The zero-order chi connectivity index (χ0) is 15.5. The van der Waals surface area contributed by atoms with E-state index in [-0.39, 0.29) is 10.8 Å². The molecule has 0 bridgehead atoms. The van der Waals surface area contributed by atoms with Gasteiger partial charge in [-0.1, -0.05) is 83.3 Å². The van der Waals surface area contributed by atoms with E-state index in [0.717, 1.165) is 19.3 Å². The molecule has 0 amide bonds. The third kappa shape index (κ3) is 5.41. The van der Waals surface area contributed by atoms with Crippen LogP contribution in [0.25, 0.3) is 0 Å². The van der Waals surface area contributed by atoms with Crippen LogP contribution >= 0.6 is 0 Å². The molecule has 0 aromatic heterocycles. The van der Waals surface area contributed by atoms with Crippen molar-refractivity contribution in [1.29, 1.82) is 0 Å². The van der Waals surface area contributed by atoms with E-state index >= 15 is 0 Å². The average Bonchev–Trinajstić information content (AvgIpc) is 2.44. The van der Waals surface area contributed by atoms with Crippen LogP contribution in [-0.2, 0) is 0 Å². The van der Waals surface area contributed by atoms with Gasteiger partial charge in [-0.2, -0.15) is 0 Å². The van der Waals surface area contributed by atoms with Crippen molar-refractivity contribution in [1.82, 2.24) is 0 Å². The van der Waals surface area contributed by atoms with Gasteiger partial charge in [0.1, 0.15) is 0 Å². The van der Waals surface area contributed by atoms with Crippen molar-refractivity contribution >= 4 is 0 Å². The summed E-state index contributed by atoms with van der Waals surface area (Å²) in [6.07, 6.45) is 17.5. The van der Waals surface area contributed by atoms with Crippen molar-refractivity contribution in [2.75, 3.05) is 0 Å². The lowest BCUT2D eigenvalue weighted by Crippen LogP contribution is -2.33. The van der Waals surface area contributed by atoms with E-state index in [1.54, 1.807) is 0 Å². The molecule has 0 aliphatic carbocycles. The highest BCUT2D eigenvalue weighted by atomic mass is 14.4. The summed E-state index contributed by atoms with van der Waals surface area (Å²) in [7, 11) is 0. The first-order valence-electron chi connectivity index (χ1n) is 7.98. The molecule has 0 aromatic carbocycles. The Labute approximate surface area is 127 Å². The SMILES string of the molecule is CC=CC(C#CC=CCCC)(C=CCC)C(C)(C)CC. The smallest absolute Gasteiger partial charge is 0.0727 e. The van der Waals surface area contributed by atoms with Crippen LogP contribution in [0.1, 0.15) is 67.2 Å². The monoisotopic (exact) mass is 272 g/mol. The molecule has 0 fully saturated rings. The molecule has 0 aliphatic heterocycles. The van der Waals surface area contributed by atoms with Gasteiger partial charge in [-0.05, 0) is 37.7 Å². The van der Waals surface area contributed by atoms with E-state index in [1.165, 1.54) is 6.42 Å². The predicted molar refractivity (Wildman–Crippen MR) is 92.6 cm³/mol. The maximum atomic E-state index is 3.51. The molecule has 0 spiro atoms. The molecule has 112 valence electrons. The van der Waals surface area contributed by atoms with Gasteiger partial charge in [0.15, 0.2) is 0 Å². The van der Waals surface area contributed by atoms with Gasteiger partial charge in [0.25, 0.3) is 0 Å². The summed E-state index contributed by atoms with van der Waals surface area (Å²) in [5.74, 6) is 6.77. The highest BCUT2D eigenvalue weighted by molar-refractivity contribution is 5.34. The predicted octanol–water partition coefficient (Wildman–Crippen LogP) is 6.31. The van der Waals surface area contributed by atoms with Crippen molar-refractivity contribution in [3.05, 3.63) is 36.5 Å². The minimum Gasteiger partial charge on any atom is -0.0898 e. The Hall–Kier alpha value is -1.22. The topological polar surface area (TPSA) is 0 Å². The third-order valence-corrected chi connectivity index (χ3v) is 3.99. The van der Waals surface area contributed by atoms with Crippen LogP contribution in [0.15, 0.2) is 36.5 Å². The molecule has 0 aromatic rings. The second-order valence-corrected chi connectivity index (χ2v) is 5.88. The highest BCUT2D eigenvalue weighted by Crippen LogP contribution is 2.44. The molecule has 0 aliphatic rings. The molecule has 0 N–H and O–H groups in total. The minimum atomic E-state index is -0.178. The van der Waals surface area contributed by atoms with E-state index in [1.807, 2.05) is 6.08 Å². The fraction of sp³-hybridized carbons (Fsp3) is 0.600. The van der Waals surface area contributed by atoms with Gasteiger partial charge in [0.05, 0.1) is 5.41 Å². The second kappa shape index (κ2) is 9.65. The lowest BCUT2D eigenvalue weighted by Gasteiger charge is -2.38. The van der Waals surface area contributed by atoms with E-state index < -0.39 is 0 Å². The van der Waals surface area contributed by atoms with Gasteiger partial charge in [-0.3, -0.25) is 0 Å². The van der Waals surface area contributed by atoms with Gasteiger partial charge < -0.3 is 0 Å². The molecule has 0 saturated carbocycles. The van der Waals surface area contributed by atoms with Crippen LogP contribution in [0.3, 0.4) is 0 Å². The van der Waals surface area contributed by atoms with Crippen LogP contribution in [-0.4, -0.2) is 0 Å². The van der Waals surface area contributed by atoms with E-state index in [9.17, 15) is 0 Å². The number of hydrogen-bond acceptors (Lipinski definition) is 0. The maximum Gasteiger partial charge on any atom is 0.0727 e. The Kier molecular flexibility index (Phi) is 9.06. The maximum absolute atomic E-state index is 3.51. The van der Waals surface area contributed by atoms with Crippen LogP contribution in [0.2, 0.25) is 0 Å². The van der Waals surface area contributed by atoms with E-state index in [4.69, 9.17) is 0 Å². The molecule has 20 heavy (non-hydrogen) atoms. The van der Waals surface area contributed by atoms with E-state index in [2.05, 4.69) is 83.8 Å². The molecule has 0 heterocycles. The first-order valence-corrected chi connectivity index (χ1v) is 7.98. The summed E-state index contributed by atoms with van der Waals surface area (Å²) in [5, 5.41) is 0. The zero-order valence-electron chi connectivity index (χ0n) is 14.3. The number of allylic oxidation sites excluding steroid dienone is 6. The first kappa shape index (κ1) is 18.8. The summed E-state index contributed by atoms with van der Waals surface area (Å²) >= 11 is 0. The van der Waals surface area contributed by atoms with Gasteiger partial charge in [-0.15, -0.1) is 0 Å². The number of rotatable bonds is 7. The average molecular weight is 272 g/mol. The fourth-order valence-corrected chi connectivity index (χ4v) is 2.09. The van der Waals surface area contributed by atoms with Gasteiger partial charge in [-0.25, -0.2) is 0 Å². The van der Waals surface area contributed by atoms with Gasteiger partial charge >= 0.3 is 0 Å². The molecule has 0 saturated heterocycles. The van der Waals surface area contributed by atoms with Gasteiger partial charge in [0.2, 0.25) is 0 Å². The Balaban J connectivity index is 5.57. The Bertz CT molecular complexity index is 395. The molecule has 0 nitrogen and oxygen atoms in total. The van der Waals surface area contributed by atoms with Crippen LogP contribution in [0, 0.1) is 22.7 Å². The Morgan fingerprint density at radius 2 is 1.70 bits per heavy atom. The Morgan fingerprint density at radius 1 is 1.00 bits per heavy atom. The molecule has 1 unspecified atom stereocenters. The zero-order valence-corrected chi connectivity index (χ0v) is 14.3. The van der Waals surface area contributed by atoms with Crippen LogP contribution < -0.4 is 0 Å². The number of hydrogen-bond donors (Lipinski definition) is 0. The quantitative estimate of drug-likeness (QED) is 0.376. The summed E-state index contributed by atoms with van der Waals surface area (Å²) in [6.45, 7) is 13.3. The molecule has 0 rings (SSSR count). The molecule has 0 radical (unpaired) electrons. The molecule has 1 atom stereocenters. The lowest BCUT2D eigenvalue weighted by atomic mass is 9.64. The summed E-state index contributed by atoms with van der Waals surface area (Å²) in [5.41, 5.74) is -0.0557. The summed E-state index contributed by atoms with van der Waals surface area (Å²) in [4.78, 5) is 0. The largest absolute Gasteiger partial charge is 0.0898 e. The van der Waals surface area contributed by atoms with Crippen molar-refractivity contribution in [3.8, 4) is 11.8 Å². The van der Waals surface area contributed by atoms with Crippen molar-refractivity contribution in [3.63, 3.8) is 0 Å². The van der Waals surface area contributed by atoms with Crippen LogP contribution in [0.5, 0.6) is 0 Å². The Morgan fingerprint density at radius 3 is 2.20 bits per heavy atom. The first-order chi connectivity index (χ1) is 9.49. The van der Waals surface area contributed by atoms with E-state index in [0.29, 0.717) is 0 Å². The second-order valence-electron chi connectivity index (χ2n) is 5.88. The summed E-state index contributed by atoms with van der Waals surface area (Å²) < 4.78 is 0. The lowest BCUT2D eigenvalue weighted by molar-refractivity contribution is 0.229.